The molecule has 1 aliphatic heterocycles. The van der Waals surface area contributed by atoms with Crippen LogP contribution in [0.2, 0.25) is 0 Å². The monoisotopic (exact) mass is 415 g/mol. The first-order valence-electron chi connectivity index (χ1n) is 9.46. The number of halogens is 1. The first kappa shape index (κ1) is 22.1. The van der Waals surface area contributed by atoms with E-state index in [0.29, 0.717) is 38.4 Å². The molecule has 2 fully saturated rings. The van der Waals surface area contributed by atoms with Crippen LogP contribution < -0.4 is 11.1 Å². The molecule has 1 saturated carbocycles. The molecule has 1 amide bonds. The van der Waals surface area contributed by atoms with Crippen LogP contribution in [0.3, 0.4) is 0 Å². The first-order valence-corrected chi connectivity index (χ1v) is 11.1. The summed E-state index contributed by atoms with van der Waals surface area (Å²) in [7, 11) is -3.23. The molecule has 0 aromatic heterocycles. The summed E-state index contributed by atoms with van der Waals surface area (Å²) in [5.41, 5.74) is 6.39. The van der Waals surface area contributed by atoms with Crippen LogP contribution in [0, 0.1) is 5.92 Å². The fourth-order valence-electron chi connectivity index (χ4n) is 3.80. The molecule has 3 rings (SSSR count). The van der Waals surface area contributed by atoms with Gasteiger partial charge in [-0.2, -0.15) is 0 Å². The second-order valence-corrected chi connectivity index (χ2v) is 9.72. The molecule has 0 bridgehead atoms. The molecule has 27 heavy (non-hydrogen) atoms. The third kappa shape index (κ3) is 4.83. The maximum absolute atomic E-state index is 13.2. The molecule has 3 N–H and O–H groups in total. The van der Waals surface area contributed by atoms with Crippen molar-refractivity contribution in [2.75, 3.05) is 25.4 Å². The second kappa shape index (κ2) is 8.90. The van der Waals surface area contributed by atoms with Crippen molar-refractivity contribution < 1.29 is 13.2 Å². The molecule has 2 aliphatic rings. The Morgan fingerprint density at radius 1 is 1.26 bits per heavy atom. The van der Waals surface area contributed by atoms with Crippen molar-refractivity contribution in [1.82, 2.24) is 9.62 Å². The lowest BCUT2D eigenvalue weighted by molar-refractivity contribution is -0.128. The van der Waals surface area contributed by atoms with Crippen LogP contribution in [0.5, 0.6) is 0 Å². The Morgan fingerprint density at radius 3 is 2.37 bits per heavy atom. The van der Waals surface area contributed by atoms with Gasteiger partial charge in [-0.1, -0.05) is 30.3 Å². The number of carbonyl (C=O) groups excluding carboxylic acids is 1. The molecule has 1 heterocycles. The molecule has 1 atom stereocenters. The zero-order valence-corrected chi connectivity index (χ0v) is 17.4. The number of nitrogens with zero attached hydrogens (tertiary/aromatic N) is 1. The van der Waals surface area contributed by atoms with Crippen LogP contribution in [-0.2, 0) is 20.2 Å². The number of sulfonamides is 1. The third-order valence-electron chi connectivity index (χ3n) is 5.82. The zero-order chi connectivity index (χ0) is 18.8. The average Bonchev–Trinajstić information content (AvgIpc) is 3.52. The summed E-state index contributed by atoms with van der Waals surface area (Å²) in [5, 5.41) is 3.05. The van der Waals surface area contributed by atoms with Crippen molar-refractivity contribution in [2.45, 2.75) is 44.1 Å². The van der Waals surface area contributed by atoms with Crippen molar-refractivity contribution in [1.29, 1.82) is 0 Å². The Kier molecular flexibility index (Phi) is 7.30. The van der Waals surface area contributed by atoms with Crippen LogP contribution in [0.1, 0.15) is 38.2 Å². The Balaban J connectivity index is 0.00000261. The Bertz CT molecular complexity index is 730. The highest BCUT2D eigenvalue weighted by Gasteiger charge is 2.44. The van der Waals surface area contributed by atoms with Gasteiger partial charge >= 0.3 is 0 Å². The number of hydrogen-bond donors (Lipinski definition) is 2. The van der Waals surface area contributed by atoms with E-state index in [0.717, 1.165) is 18.4 Å². The van der Waals surface area contributed by atoms with Crippen molar-refractivity contribution >= 4 is 28.3 Å². The predicted octanol–water partition coefficient (Wildman–Crippen LogP) is 1.65. The maximum atomic E-state index is 13.2. The molecule has 6 nitrogen and oxygen atoms in total. The second-order valence-electron chi connectivity index (χ2n) is 7.46. The lowest BCUT2D eigenvalue weighted by Crippen LogP contribution is -2.54. The zero-order valence-electron chi connectivity index (χ0n) is 15.8. The number of piperidine rings is 1. The van der Waals surface area contributed by atoms with Crippen LogP contribution in [0.15, 0.2) is 30.3 Å². The van der Waals surface area contributed by atoms with Gasteiger partial charge in [0, 0.05) is 25.7 Å². The summed E-state index contributed by atoms with van der Waals surface area (Å²) in [5.74, 6) is 0.584. The highest BCUT2D eigenvalue weighted by Crippen LogP contribution is 2.37. The van der Waals surface area contributed by atoms with Gasteiger partial charge in [0.05, 0.1) is 11.2 Å². The average molecular weight is 416 g/mol. The third-order valence-corrected chi connectivity index (χ3v) is 7.70. The van der Waals surface area contributed by atoms with E-state index in [1.165, 1.54) is 4.31 Å². The summed E-state index contributed by atoms with van der Waals surface area (Å²) < 4.78 is 25.9. The minimum atomic E-state index is -3.23. The fraction of sp³-hybridized carbons (Fsp3) is 0.632. The van der Waals surface area contributed by atoms with E-state index < -0.39 is 15.4 Å². The first-order chi connectivity index (χ1) is 12.4. The number of nitrogens with two attached hydrogens (primary N) is 1. The van der Waals surface area contributed by atoms with Crippen molar-refractivity contribution in [2.24, 2.45) is 11.7 Å². The van der Waals surface area contributed by atoms with Gasteiger partial charge < -0.3 is 11.1 Å². The lowest BCUT2D eigenvalue weighted by Gasteiger charge is -2.40. The van der Waals surface area contributed by atoms with Crippen molar-refractivity contribution in [3.05, 3.63) is 35.9 Å². The molecule has 1 aromatic carbocycles. The molecule has 1 unspecified atom stereocenters. The Morgan fingerprint density at radius 2 is 1.85 bits per heavy atom. The minimum absolute atomic E-state index is 0. The van der Waals surface area contributed by atoms with E-state index in [4.69, 9.17) is 5.73 Å². The summed E-state index contributed by atoms with van der Waals surface area (Å²) in [6, 6.07) is 9.71. The van der Waals surface area contributed by atoms with Crippen LogP contribution in [-0.4, -0.2) is 50.1 Å². The van der Waals surface area contributed by atoms with E-state index >= 15 is 0 Å². The number of benzene rings is 1. The molecule has 1 aromatic rings. The summed E-state index contributed by atoms with van der Waals surface area (Å²) in [6.07, 6.45) is 3.26. The van der Waals surface area contributed by atoms with Crippen LogP contribution in [0.4, 0.5) is 0 Å². The maximum Gasteiger partial charge on any atom is 0.230 e. The van der Waals surface area contributed by atoms with Gasteiger partial charge in [0.25, 0.3) is 0 Å². The fourth-order valence-corrected chi connectivity index (χ4v) is 4.91. The molecule has 152 valence electrons. The molecule has 0 spiro atoms. The lowest BCUT2D eigenvalue weighted by atomic mass is 9.72. The predicted molar refractivity (Wildman–Crippen MR) is 109 cm³/mol. The van der Waals surface area contributed by atoms with Gasteiger partial charge in [0.1, 0.15) is 0 Å². The van der Waals surface area contributed by atoms with Crippen LogP contribution in [0.25, 0.3) is 0 Å². The van der Waals surface area contributed by atoms with Crippen molar-refractivity contribution in [3.63, 3.8) is 0 Å². The number of hydrogen-bond acceptors (Lipinski definition) is 4. The molecular weight excluding hydrogens is 386 g/mol. The number of amides is 1. The standard InChI is InChI=1S/C19H29N3O3S.ClH/c1-2-26(24,25)22-12-10-19(11-13-22,16-6-4-3-5-7-16)18(23)21-14-17(20)15-8-9-15;/h3-7,15,17H,2,8-14,20H2,1H3,(H,21,23);1H. The van der Waals surface area contributed by atoms with Gasteiger partial charge in [-0.25, -0.2) is 12.7 Å². The molecule has 1 aliphatic carbocycles. The van der Waals surface area contributed by atoms with Gasteiger partial charge in [0.2, 0.25) is 15.9 Å². The minimum Gasteiger partial charge on any atom is -0.354 e. The SMILES string of the molecule is CCS(=O)(=O)N1CCC(C(=O)NCC(N)C2CC2)(c2ccccc2)CC1.Cl. The smallest absolute Gasteiger partial charge is 0.230 e. The quantitative estimate of drug-likeness (QED) is 0.708. The largest absolute Gasteiger partial charge is 0.354 e. The summed E-state index contributed by atoms with van der Waals surface area (Å²) >= 11 is 0. The highest BCUT2D eigenvalue weighted by molar-refractivity contribution is 7.89. The number of carbonyl (C=O) groups is 1. The Hall–Kier alpha value is -1.15. The van der Waals surface area contributed by atoms with Gasteiger partial charge in [-0.3, -0.25) is 4.79 Å². The normalized spacial score (nSPS) is 21.1. The summed E-state index contributed by atoms with van der Waals surface area (Å²) in [6.45, 7) is 2.87. The summed E-state index contributed by atoms with van der Waals surface area (Å²) in [4.78, 5) is 13.2. The number of rotatable bonds is 7. The number of nitrogens with one attached hydrogen (secondary N) is 1. The van der Waals surface area contributed by atoms with E-state index in [-0.39, 0.29) is 30.1 Å². The molecule has 8 heteroatoms. The molecule has 0 radical (unpaired) electrons. The Labute approximate surface area is 168 Å². The topological polar surface area (TPSA) is 92.5 Å². The van der Waals surface area contributed by atoms with Gasteiger partial charge in [-0.15, -0.1) is 12.4 Å². The molecular formula is C19H30ClN3O3S. The molecule has 1 saturated heterocycles. The van der Waals surface area contributed by atoms with E-state index in [2.05, 4.69) is 5.32 Å². The van der Waals surface area contributed by atoms with E-state index in [1.54, 1.807) is 6.92 Å². The van der Waals surface area contributed by atoms with E-state index in [1.807, 2.05) is 30.3 Å². The highest BCUT2D eigenvalue weighted by atomic mass is 35.5. The van der Waals surface area contributed by atoms with Gasteiger partial charge in [0.15, 0.2) is 0 Å². The van der Waals surface area contributed by atoms with Gasteiger partial charge in [-0.05, 0) is 44.1 Å². The van der Waals surface area contributed by atoms with E-state index in [9.17, 15) is 13.2 Å². The van der Waals surface area contributed by atoms with Crippen molar-refractivity contribution in [3.8, 4) is 0 Å². The van der Waals surface area contributed by atoms with Crippen LogP contribution >= 0.6 is 12.4 Å².